The van der Waals surface area contributed by atoms with Gasteiger partial charge in [0.1, 0.15) is 11.6 Å². The lowest BCUT2D eigenvalue weighted by molar-refractivity contribution is -0.133. The summed E-state index contributed by atoms with van der Waals surface area (Å²) in [6.07, 6.45) is 1.40. The Bertz CT molecular complexity index is 534. The number of aliphatic hydroxyl groups excluding tert-OH is 1. The van der Waals surface area contributed by atoms with Gasteiger partial charge in [0, 0.05) is 44.9 Å². The molecule has 0 unspecified atom stereocenters. The summed E-state index contributed by atoms with van der Waals surface area (Å²) in [6.45, 7) is 6.68. The second-order valence-corrected chi connectivity index (χ2v) is 6.06. The van der Waals surface area contributed by atoms with E-state index in [4.69, 9.17) is 4.98 Å². The summed E-state index contributed by atoms with van der Waals surface area (Å²) in [5, 5.41) is 9.60. The topological polar surface area (TPSA) is 69.6 Å². The first-order valence-electron chi connectivity index (χ1n) is 7.57. The minimum atomic E-state index is -0.181. The lowest BCUT2D eigenvalue weighted by atomic mass is 9.99. The maximum atomic E-state index is 11.3. The molecule has 3 heterocycles. The van der Waals surface area contributed by atoms with Gasteiger partial charge in [-0.05, 0) is 19.8 Å². The molecule has 0 bridgehead atoms. The molecular formula is C15H22N4O2. The predicted octanol–water partition coefficient (Wildman–Crippen LogP) is 0.692. The van der Waals surface area contributed by atoms with Crippen LogP contribution in [0.1, 0.15) is 37.2 Å². The molecule has 0 radical (unpaired) electrons. The molecule has 1 N–H and O–H groups in total. The fourth-order valence-corrected chi connectivity index (χ4v) is 2.91. The first-order chi connectivity index (χ1) is 10.0. The van der Waals surface area contributed by atoms with E-state index in [-0.39, 0.29) is 17.9 Å². The van der Waals surface area contributed by atoms with Gasteiger partial charge in [0.25, 0.3) is 0 Å². The Labute approximate surface area is 124 Å². The van der Waals surface area contributed by atoms with Gasteiger partial charge in [0.2, 0.25) is 5.91 Å². The SMILES string of the molecule is CC(=O)N1CC(c2nc(C)cc(N3CCC(O)CC3)n2)C1. The number of likely N-dealkylation sites (tertiary alicyclic amines) is 1. The lowest BCUT2D eigenvalue weighted by Crippen LogP contribution is -2.48. The molecule has 0 atom stereocenters. The third-order valence-electron chi connectivity index (χ3n) is 4.34. The molecule has 0 aromatic carbocycles. The zero-order chi connectivity index (χ0) is 15.0. The number of anilines is 1. The summed E-state index contributed by atoms with van der Waals surface area (Å²) in [7, 11) is 0. The Kier molecular flexibility index (Phi) is 3.80. The molecule has 6 heteroatoms. The molecule has 21 heavy (non-hydrogen) atoms. The van der Waals surface area contributed by atoms with E-state index in [0.717, 1.165) is 56.4 Å². The largest absolute Gasteiger partial charge is 0.393 e. The molecule has 3 rings (SSSR count). The summed E-state index contributed by atoms with van der Waals surface area (Å²) < 4.78 is 0. The molecule has 1 aromatic rings. The van der Waals surface area contributed by atoms with E-state index in [9.17, 15) is 9.90 Å². The van der Waals surface area contributed by atoms with Crippen molar-refractivity contribution in [1.82, 2.24) is 14.9 Å². The Morgan fingerprint density at radius 1 is 1.29 bits per heavy atom. The standard InChI is InChI=1S/C15H22N4O2/c1-10-7-14(18-5-3-13(21)4-6-18)17-15(16-10)12-8-19(9-12)11(2)20/h7,12-13,21H,3-6,8-9H2,1-2H3. The van der Waals surface area contributed by atoms with Crippen molar-refractivity contribution in [3.8, 4) is 0 Å². The Morgan fingerprint density at radius 3 is 2.57 bits per heavy atom. The fourth-order valence-electron chi connectivity index (χ4n) is 2.91. The average Bonchev–Trinajstić information content (AvgIpc) is 2.36. The summed E-state index contributed by atoms with van der Waals surface area (Å²) in [6, 6.07) is 2.00. The molecule has 1 aromatic heterocycles. The number of aliphatic hydroxyl groups is 1. The first-order valence-corrected chi connectivity index (χ1v) is 7.57. The predicted molar refractivity (Wildman–Crippen MR) is 79.2 cm³/mol. The molecule has 0 spiro atoms. The molecule has 2 saturated heterocycles. The van der Waals surface area contributed by atoms with Crippen LogP contribution >= 0.6 is 0 Å². The fraction of sp³-hybridized carbons (Fsp3) is 0.667. The van der Waals surface area contributed by atoms with Crippen molar-refractivity contribution in [2.75, 3.05) is 31.1 Å². The minimum Gasteiger partial charge on any atom is -0.393 e. The highest BCUT2D eigenvalue weighted by Gasteiger charge is 2.32. The van der Waals surface area contributed by atoms with Crippen molar-refractivity contribution in [1.29, 1.82) is 0 Å². The minimum absolute atomic E-state index is 0.115. The number of hydrogen-bond acceptors (Lipinski definition) is 5. The molecule has 0 saturated carbocycles. The van der Waals surface area contributed by atoms with Crippen molar-refractivity contribution >= 4 is 11.7 Å². The molecule has 2 fully saturated rings. The van der Waals surface area contributed by atoms with E-state index in [2.05, 4.69) is 9.88 Å². The summed E-state index contributed by atoms with van der Waals surface area (Å²) in [5.41, 5.74) is 0.961. The average molecular weight is 290 g/mol. The van der Waals surface area contributed by atoms with Crippen LogP contribution in [0.25, 0.3) is 0 Å². The highest BCUT2D eigenvalue weighted by atomic mass is 16.3. The van der Waals surface area contributed by atoms with E-state index in [1.165, 1.54) is 0 Å². The summed E-state index contributed by atoms with van der Waals surface area (Å²) in [5.74, 6) is 2.16. The van der Waals surface area contributed by atoms with E-state index < -0.39 is 0 Å². The van der Waals surface area contributed by atoms with Crippen molar-refractivity contribution in [2.45, 2.75) is 38.7 Å². The van der Waals surface area contributed by atoms with Crippen LogP contribution in [0.5, 0.6) is 0 Å². The molecule has 114 valence electrons. The Balaban J connectivity index is 1.73. The van der Waals surface area contributed by atoms with Gasteiger partial charge in [-0.25, -0.2) is 9.97 Å². The second-order valence-electron chi connectivity index (χ2n) is 6.06. The maximum Gasteiger partial charge on any atom is 0.219 e. The van der Waals surface area contributed by atoms with Gasteiger partial charge in [0.05, 0.1) is 12.0 Å². The van der Waals surface area contributed by atoms with Gasteiger partial charge in [-0.15, -0.1) is 0 Å². The van der Waals surface area contributed by atoms with Gasteiger partial charge < -0.3 is 14.9 Å². The van der Waals surface area contributed by atoms with Crippen molar-refractivity contribution < 1.29 is 9.90 Å². The third kappa shape index (κ3) is 3.00. The van der Waals surface area contributed by atoms with E-state index in [1.54, 1.807) is 6.92 Å². The van der Waals surface area contributed by atoms with E-state index >= 15 is 0 Å². The van der Waals surface area contributed by atoms with Crippen LogP contribution < -0.4 is 4.90 Å². The molecule has 2 aliphatic rings. The van der Waals surface area contributed by atoms with Crippen LogP contribution in [0, 0.1) is 6.92 Å². The van der Waals surface area contributed by atoms with Crippen LogP contribution in [-0.4, -0.2) is 58.2 Å². The van der Waals surface area contributed by atoms with Crippen LogP contribution in [0.3, 0.4) is 0 Å². The zero-order valence-electron chi connectivity index (χ0n) is 12.6. The quantitative estimate of drug-likeness (QED) is 0.868. The Hall–Kier alpha value is -1.69. The first kappa shape index (κ1) is 14.3. The van der Waals surface area contributed by atoms with Crippen molar-refractivity contribution in [3.63, 3.8) is 0 Å². The number of piperidine rings is 1. The van der Waals surface area contributed by atoms with Crippen LogP contribution in [0.15, 0.2) is 6.07 Å². The number of aryl methyl sites for hydroxylation is 1. The number of hydrogen-bond donors (Lipinski definition) is 1. The van der Waals surface area contributed by atoms with Crippen LogP contribution in [0.4, 0.5) is 5.82 Å². The number of aromatic nitrogens is 2. The number of rotatable bonds is 2. The Morgan fingerprint density at radius 2 is 1.95 bits per heavy atom. The smallest absolute Gasteiger partial charge is 0.219 e. The second kappa shape index (κ2) is 5.60. The number of carbonyl (C=O) groups is 1. The van der Waals surface area contributed by atoms with Gasteiger partial charge in [-0.1, -0.05) is 0 Å². The normalized spacial score (nSPS) is 20.5. The maximum absolute atomic E-state index is 11.3. The van der Waals surface area contributed by atoms with Crippen molar-refractivity contribution in [2.24, 2.45) is 0 Å². The van der Waals surface area contributed by atoms with Gasteiger partial charge in [-0.2, -0.15) is 0 Å². The number of carbonyl (C=O) groups excluding carboxylic acids is 1. The van der Waals surface area contributed by atoms with Gasteiger partial charge in [-0.3, -0.25) is 4.79 Å². The van der Waals surface area contributed by atoms with Gasteiger partial charge in [0.15, 0.2) is 0 Å². The molecular weight excluding hydrogens is 268 g/mol. The third-order valence-corrected chi connectivity index (χ3v) is 4.34. The van der Waals surface area contributed by atoms with Crippen molar-refractivity contribution in [3.05, 3.63) is 17.6 Å². The number of nitrogens with zero attached hydrogens (tertiary/aromatic N) is 4. The highest BCUT2D eigenvalue weighted by molar-refractivity contribution is 5.74. The van der Waals surface area contributed by atoms with Gasteiger partial charge >= 0.3 is 0 Å². The summed E-state index contributed by atoms with van der Waals surface area (Å²) in [4.78, 5) is 24.5. The molecule has 1 amide bonds. The molecule has 2 aliphatic heterocycles. The summed E-state index contributed by atoms with van der Waals surface area (Å²) >= 11 is 0. The van der Waals surface area contributed by atoms with E-state index in [1.807, 2.05) is 17.9 Å². The lowest BCUT2D eigenvalue weighted by Gasteiger charge is -2.38. The zero-order valence-corrected chi connectivity index (χ0v) is 12.6. The van der Waals surface area contributed by atoms with Crippen LogP contribution in [-0.2, 0) is 4.79 Å². The molecule has 6 nitrogen and oxygen atoms in total. The molecule has 0 aliphatic carbocycles. The number of amides is 1. The monoisotopic (exact) mass is 290 g/mol. The van der Waals surface area contributed by atoms with E-state index in [0.29, 0.717) is 0 Å². The highest BCUT2D eigenvalue weighted by Crippen LogP contribution is 2.27. The van der Waals surface area contributed by atoms with Crippen LogP contribution in [0.2, 0.25) is 0 Å².